The topological polar surface area (TPSA) is 177 Å². The molecule has 0 bridgehead atoms. The molecule has 1 heterocycles. The van der Waals surface area contributed by atoms with E-state index in [0.717, 1.165) is 18.4 Å². The van der Waals surface area contributed by atoms with E-state index in [9.17, 15) is 39.3 Å². The van der Waals surface area contributed by atoms with E-state index in [4.69, 9.17) is 9.47 Å². The van der Waals surface area contributed by atoms with Gasteiger partial charge in [0.15, 0.2) is 12.4 Å². The molecular formula is C35H51NO10. The Morgan fingerprint density at radius 2 is 1.78 bits per heavy atom. The number of aliphatic carboxylic acids is 1. The van der Waals surface area contributed by atoms with Gasteiger partial charge in [0.2, 0.25) is 11.7 Å². The first-order valence-corrected chi connectivity index (χ1v) is 17.0. The number of amides is 1. The van der Waals surface area contributed by atoms with Crippen molar-refractivity contribution in [1.29, 1.82) is 0 Å². The van der Waals surface area contributed by atoms with Crippen LogP contribution in [0.1, 0.15) is 105 Å². The third-order valence-electron chi connectivity index (χ3n) is 12.5. The quantitative estimate of drug-likeness (QED) is 0.258. The summed E-state index contributed by atoms with van der Waals surface area (Å²) in [5.74, 6) is -2.75. The molecule has 0 radical (unpaired) electrons. The fourth-order valence-electron chi connectivity index (χ4n) is 10.1. The predicted molar refractivity (Wildman–Crippen MR) is 165 cm³/mol. The van der Waals surface area contributed by atoms with Crippen molar-refractivity contribution >= 4 is 29.4 Å². The van der Waals surface area contributed by atoms with E-state index >= 15 is 0 Å². The molecule has 0 aromatic carbocycles. The molecule has 11 heteroatoms. The number of hydrogen-bond donors (Lipinski definition) is 4. The number of fused-ring (bicyclic) bond motifs is 5. The molecule has 5 rings (SSSR count). The number of ketones is 2. The maximum absolute atomic E-state index is 13.5. The number of nitrogens with one attached hydrogen (secondary N) is 1. The van der Waals surface area contributed by atoms with Gasteiger partial charge >= 0.3 is 11.9 Å². The Kier molecular flexibility index (Phi) is 9.63. The Balaban J connectivity index is 1.16. The molecule has 3 saturated carbocycles. The largest absolute Gasteiger partial charge is 0.481 e. The number of carboxylic acid groups (broad SMARTS) is 1. The maximum Gasteiger partial charge on any atom is 0.306 e. The number of aliphatic hydroxyl groups is 2. The average Bonchev–Trinajstić information content (AvgIpc) is 3.24. The number of carboxylic acids is 1. The molecule has 0 aromatic rings. The minimum atomic E-state index is -1.76. The van der Waals surface area contributed by atoms with Gasteiger partial charge in [0, 0.05) is 30.9 Å². The molecule has 11 nitrogen and oxygen atoms in total. The molecule has 5 aliphatic rings. The van der Waals surface area contributed by atoms with Crippen LogP contribution in [0.2, 0.25) is 0 Å². The molecule has 4 aliphatic carbocycles. The second-order valence-corrected chi connectivity index (χ2v) is 15.7. The summed E-state index contributed by atoms with van der Waals surface area (Å²) >= 11 is 0. The Labute approximate surface area is 270 Å². The summed E-state index contributed by atoms with van der Waals surface area (Å²) in [6.45, 7) is 7.72. The van der Waals surface area contributed by atoms with Gasteiger partial charge in [0.25, 0.3) is 0 Å². The zero-order chi connectivity index (χ0) is 33.7. The van der Waals surface area contributed by atoms with E-state index in [2.05, 4.69) is 12.2 Å². The van der Waals surface area contributed by atoms with Gasteiger partial charge in [-0.2, -0.15) is 0 Å². The monoisotopic (exact) mass is 645 g/mol. The van der Waals surface area contributed by atoms with Crippen LogP contribution in [0.3, 0.4) is 0 Å². The Morgan fingerprint density at radius 1 is 1.04 bits per heavy atom. The zero-order valence-corrected chi connectivity index (χ0v) is 27.6. The molecule has 9 atom stereocenters. The lowest BCUT2D eigenvalue weighted by Crippen LogP contribution is -2.62. The van der Waals surface area contributed by atoms with Crippen LogP contribution in [0.5, 0.6) is 0 Å². The minimum Gasteiger partial charge on any atom is -0.481 e. The number of rotatable bonds is 10. The first-order chi connectivity index (χ1) is 21.5. The Bertz CT molecular complexity index is 1290. The molecule has 1 saturated heterocycles. The fraction of sp³-hybridized carbons (Fsp3) is 0.800. The van der Waals surface area contributed by atoms with E-state index in [1.54, 1.807) is 6.08 Å². The molecule has 256 valence electrons. The van der Waals surface area contributed by atoms with Gasteiger partial charge in [-0.05, 0) is 100 Å². The highest BCUT2D eigenvalue weighted by Crippen LogP contribution is 2.67. The first kappa shape index (κ1) is 34.7. The summed E-state index contributed by atoms with van der Waals surface area (Å²) in [5, 5.41) is 35.6. The number of ether oxygens (including phenoxy) is 2. The molecule has 4 fully saturated rings. The summed E-state index contributed by atoms with van der Waals surface area (Å²) in [5.41, 5.74) is -2.24. The van der Waals surface area contributed by atoms with Gasteiger partial charge in [-0.15, -0.1) is 0 Å². The lowest BCUT2D eigenvalue weighted by molar-refractivity contribution is -0.184. The predicted octanol–water partition coefficient (Wildman–Crippen LogP) is 3.28. The molecule has 4 N–H and O–H groups in total. The average molecular weight is 646 g/mol. The second-order valence-electron chi connectivity index (χ2n) is 15.7. The highest BCUT2D eigenvalue weighted by Gasteiger charge is 2.68. The van der Waals surface area contributed by atoms with Crippen molar-refractivity contribution in [2.24, 2.45) is 34.5 Å². The number of esters is 1. The molecule has 0 unspecified atom stereocenters. The van der Waals surface area contributed by atoms with Crippen molar-refractivity contribution in [3.05, 3.63) is 11.6 Å². The number of aliphatic hydroxyl groups excluding tert-OH is 1. The van der Waals surface area contributed by atoms with E-state index < -0.39 is 59.0 Å². The van der Waals surface area contributed by atoms with Gasteiger partial charge in [-0.1, -0.05) is 19.4 Å². The highest BCUT2D eigenvalue weighted by atomic mass is 16.5. The van der Waals surface area contributed by atoms with Crippen molar-refractivity contribution in [3.63, 3.8) is 0 Å². The number of carbonyl (C=O) groups excluding carboxylic acids is 4. The minimum absolute atomic E-state index is 0.00491. The SMILES string of the molecule is CC1(C)C[C@H]([C@@H](CC(=O)O)NC(=O)CCC(=O)OCC(=O)[C@@]2(O)CC[C@H]3[C@@H]4CCC5=CC(=O)CC[C@]5(C)[C@H]4[C@@H](O)C[C@@]32C)CCO1. The lowest BCUT2D eigenvalue weighted by Gasteiger charge is -2.60. The Morgan fingerprint density at radius 3 is 2.48 bits per heavy atom. The number of carbonyl (C=O) groups is 5. The van der Waals surface area contributed by atoms with Crippen molar-refractivity contribution in [1.82, 2.24) is 5.32 Å². The van der Waals surface area contributed by atoms with Crippen molar-refractivity contribution in [2.45, 2.75) is 128 Å². The van der Waals surface area contributed by atoms with E-state index in [1.165, 1.54) is 0 Å². The van der Waals surface area contributed by atoms with Crippen LogP contribution in [-0.2, 0) is 33.4 Å². The number of hydrogen-bond acceptors (Lipinski definition) is 9. The standard InChI is InChI=1S/C35H51NO10/c1-32(2)17-20(11-14-46-32)25(16-29(41)42)36-28(40)7-8-30(43)45-19-27(39)35(44)13-10-24-23-6-5-21-15-22(37)9-12-33(21,3)31(23)26(38)18-34(24,35)4/h15,20,23-26,31,38,44H,5-14,16-19H2,1-4H3,(H,36,40)(H,41,42)/t20-,23+,24+,25-,26+,31-,33+,34+,35+/m1/s1. The van der Waals surface area contributed by atoms with Gasteiger partial charge in [0.1, 0.15) is 5.60 Å². The summed E-state index contributed by atoms with van der Waals surface area (Å²) in [6, 6.07) is -0.600. The summed E-state index contributed by atoms with van der Waals surface area (Å²) in [7, 11) is 0. The third kappa shape index (κ3) is 6.43. The Hall–Kier alpha value is -2.63. The summed E-state index contributed by atoms with van der Waals surface area (Å²) < 4.78 is 11.0. The normalized spacial score (nSPS) is 38.8. The van der Waals surface area contributed by atoms with Crippen LogP contribution >= 0.6 is 0 Å². The molecule has 46 heavy (non-hydrogen) atoms. The number of Topliss-reactive ketones (excluding diaryl/α,β-unsaturated/α-hetero) is 1. The van der Waals surface area contributed by atoms with Crippen LogP contribution in [0.4, 0.5) is 0 Å². The van der Waals surface area contributed by atoms with E-state index in [0.29, 0.717) is 38.7 Å². The van der Waals surface area contributed by atoms with Crippen molar-refractivity contribution < 1.29 is 48.8 Å². The molecular weight excluding hydrogens is 594 g/mol. The van der Waals surface area contributed by atoms with Gasteiger partial charge in [0.05, 0.1) is 24.5 Å². The van der Waals surface area contributed by atoms with Gasteiger partial charge in [-0.25, -0.2) is 0 Å². The first-order valence-electron chi connectivity index (χ1n) is 17.0. The molecule has 0 aromatic heterocycles. The van der Waals surface area contributed by atoms with Gasteiger partial charge in [-0.3, -0.25) is 24.0 Å². The summed E-state index contributed by atoms with van der Waals surface area (Å²) in [6.07, 6.45) is 5.27. The van der Waals surface area contributed by atoms with Crippen LogP contribution in [-0.4, -0.2) is 81.3 Å². The third-order valence-corrected chi connectivity index (χ3v) is 12.5. The van der Waals surface area contributed by atoms with E-state index in [-0.39, 0.29) is 67.0 Å². The van der Waals surface area contributed by atoms with Gasteiger partial charge < -0.3 is 30.1 Å². The second kappa shape index (κ2) is 12.8. The molecule has 1 amide bonds. The molecule has 0 spiro atoms. The van der Waals surface area contributed by atoms with Crippen molar-refractivity contribution in [2.75, 3.05) is 13.2 Å². The number of allylic oxidation sites excluding steroid dienone is 1. The molecule has 1 aliphatic heterocycles. The van der Waals surface area contributed by atoms with Crippen LogP contribution in [0.15, 0.2) is 11.6 Å². The van der Waals surface area contributed by atoms with Crippen LogP contribution < -0.4 is 5.32 Å². The zero-order valence-electron chi connectivity index (χ0n) is 27.6. The van der Waals surface area contributed by atoms with E-state index in [1.807, 2.05) is 20.8 Å². The lowest BCUT2D eigenvalue weighted by atomic mass is 9.45. The maximum atomic E-state index is 13.5. The summed E-state index contributed by atoms with van der Waals surface area (Å²) in [4.78, 5) is 62.5. The fourth-order valence-corrected chi connectivity index (χ4v) is 10.1. The highest BCUT2D eigenvalue weighted by molar-refractivity contribution is 5.92. The van der Waals surface area contributed by atoms with Crippen molar-refractivity contribution in [3.8, 4) is 0 Å². The van der Waals surface area contributed by atoms with Crippen LogP contribution in [0.25, 0.3) is 0 Å². The van der Waals surface area contributed by atoms with Crippen LogP contribution in [0, 0.1) is 34.5 Å². The smallest absolute Gasteiger partial charge is 0.306 e.